The Kier molecular flexibility index (Phi) is 5.82. The lowest BCUT2D eigenvalue weighted by Gasteiger charge is -2.13. The average Bonchev–Trinajstić information content (AvgIpc) is 2.23. The van der Waals surface area contributed by atoms with Crippen molar-refractivity contribution in [2.75, 3.05) is 12.0 Å². The first-order chi connectivity index (χ1) is 9.38. The van der Waals surface area contributed by atoms with Gasteiger partial charge in [0.25, 0.3) is 15.0 Å². The molecule has 0 aromatic heterocycles. The van der Waals surface area contributed by atoms with E-state index in [4.69, 9.17) is 10.7 Å². The minimum Gasteiger partial charge on any atom is -0.349 e. The summed E-state index contributed by atoms with van der Waals surface area (Å²) in [5, 5.41) is 2.48. The molecule has 0 saturated carbocycles. The van der Waals surface area contributed by atoms with E-state index in [1.54, 1.807) is 0 Å². The summed E-state index contributed by atoms with van der Waals surface area (Å²) in [4.78, 5) is 11.8. The summed E-state index contributed by atoms with van der Waals surface area (Å²) in [5.74, 6) is -0.804. The Morgan fingerprint density at radius 2 is 1.86 bits per heavy atom. The number of carbonyl (C=O) groups excluding carboxylic acids is 1. The number of nitrogens with one attached hydrogen (secondary N) is 1. The molecule has 1 aromatic carbocycles. The van der Waals surface area contributed by atoms with Crippen LogP contribution in [0.3, 0.4) is 0 Å². The highest BCUT2D eigenvalue weighted by Crippen LogP contribution is 2.22. The molecule has 0 radical (unpaired) electrons. The van der Waals surface area contributed by atoms with E-state index in [9.17, 15) is 21.6 Å². The van der Waals surface area contributed by atoms with Crippen LogP contribution in [0.15, 0.2) is 27.6 Å². The third-order valence-corrected chi connectivity index (χ3v) is 5.24. The van der Waals surface area contributed by atoms with E-state index in [2.05, 4.69) is 21.2 Å². The molecule has 10 heteroatoms. The molecule has 6 nitrogen and oxygen atoms in total. The molecule has 1 unspecified atom stereocenters. The molecule has 0 saturated heterocycles. The normalized spacial score (nSPS) is 13.7. The van der Waals surface area contributed by atoms with Crippen LogP contribution < -0.4 is 5.32 Å². The van der Waals surface area contributed by atoms with Gasteiger partial charge in [0.1, 0.15) is 9.84 Å². The Morgan fingerprint density at radius 1 is 1.29 bits per heavy atom. The van der Waals surface area contributed by atoms with Crippen molar-refractivity contribution in [3.05, 3.63) is 28.2 Å². The largest absolute Gasteiger partial charge is 0.349 e. The number of halogens is 2. The maximum absolute atomic E-state index is 12.0. The van der Waals surface area contributed by atoms with Crippen LogP contribution in [-0.2, 0) is 18.9 Å². The number of hydrogen-bond donors (Lipinski definition) is 1. The zero-order chi connectivity index (χ0) is 16.4. The van der Waals surface area contributed by atoms with Gasteiger partial charge in [-0.15, -0.1) is 0 Å². The fourth-order valence-electron chi connectivity index (χ4n) is 1.64. The molecule has 0 aliphatic rings. The van der Waals surface area contributed by atoms with Gasteiger partial charge in [-0.2, -0.15) is 0 Å². The van der Waals surface area contributed by atoms with E-state index in [0.29, 0.717) is 4.47 Å². The fourth-order valence-corrected chi connectivity index (χ4v) is 4.08. The molecule has 1 atom stereocenters. The minimum absolute atomic E-state index is 0.0592. The van der Waals surface area contributed by atoms with Gasteiger partial charge in [-0.3, -0.25) is 4.79 Å². The molecule has 0 bridgehead atoms. The second kappa shape index (κ2) is 6.64. The third kappa shape index (κ3) is 6.33. The van der Waals surface area contributed by atoms with Crippen LogP contribution in [0.1, 0.15) is 17.3 Å². The summed E-state index contributed by atoms with van der Waals surface area (Å²) in [5.41, 5.74) is 0.0592. The topological polar surface area (TPSA) is 97.4 Å². The van der Waals surface area contributed by atoms with Crippen molar-refractivity contribution in [1.82, 2.24) is 5.32 Å². The number of amides is 1. The van der Waals surface area contributed by atoms with Crippen LogP contribution >= 0.6 is 26.6 Å². The van der Waals surface area contributed by atoms with Gasteiger partial charge in [-0.05, 0) is 25.1 Å². The molecule has 1 amide bonds. The molecular formula is C11H13BrClNO5S2. The van der Waals surface area contributed by atoms with E-state index < -0.39 is 30.8 Å². The fraction of sp³-hybridized carbons (Fsp3) is 0.364. The summed E-state index contributed by atoms with van der Waals surface area (Å²) in [6, 6.07) is 3.19. The molecule has 118 valence electrons. The zero-order valence-corrected chi connectivity index (χ0v) is 15.1. The monoisotopic (exact) mass is 417 g/mol. The summed E-state index contributed by atoms with van der Waals surface area (Å²) in [6.07, 6.45) is 1.06. The Morgan fingerprint density at radius 3 is 2.33 bits per heavy atom. The molecule has 0 aliphatic heterocycles. The van der Waals surface area contributed by atoms with Gasteiger partial charge >= 0.3 is 0 Å². The summed E-state index contributed by atoms with van der Waals surface area (Å²) in [6.45, 7) is 1.54. The lowest BCUT2D eigenvalue weighted by molar-refractivity contribution is 0.0943. The maximum Gasteiger partial charge on any atom is 0.261 e. The van der Waals surface area contributed by atoms with Crippen LogP contribution in [0.5, 0.6) is 0 Å². The molecular weight excluding hydrogens is 406 g/mol. The number of benzene rings is 1. The highest BCUT2D eigenvalue weighted by molar-refractivity contribution is 9.10. The van der Waals surface area contributed by atoms with Crippen LogP contribution in [0.4, 0.5) is 0 Å². The number of sulfone groups is 1. The molecule has 1 rings (SSSR count). The quantitative estimate of drug-likeness (QED) is 0.732. The SMILES string of the molecule is CC(CS(C)(=O)=O)NC(=O)c1cc(Br)cc(S(=O)(=O)Cl)c1. The van der Waals surface area contributed by atoms with E-state index in [-0.39, 0.29) is 16.2 Å². The highest BCUT2D eigenvalue weighted by atomic mass is 79.9. The Hall–Kier alpha value is -0.640. The Bertz CT molecular complexity index is 761. The van der Waals surface area contributed by atoms with Crippen molar-refractivity contribution in [2.45, 2.75) is 17.9 Å². The first-order valence-electron chi connectivity index (χ1n) is 5.62. The van der Waals surface area contributed by atoms with Crippen molar-refractivity contribution in [3.63, 3.8) is 0 Å². The van der Waals surface area contributed by atoms with Crippen molar-refractivity contribution in [1.29, 1.82) is 0 Å². The summed E-state index contributed by atoms with van der Waals surface area (Å²) >= 11 is 3.09. The van der Waals surface area contributed by atoms with Crippen LogP contribution in [-0.4, -0.2) is 40.8 Å². The van der Waals surface area contributed by atoms with Gasteiger partial charge in [0.15, 0.2) is 0 Å². The third-order valence-electron chi connectivity index (χ3n) is 2.35. The standard InChI is InChI=1S/C11H13BrClNO5S2/c1-7(6-20(2,16)17)14-11(15)8-3-9(12)5-10(4-8)21(13,18)19/h3-5,7H,6H2,1-2H3,(H,14,15). The van der Waals surface area contributed by atoms with Gasteiger partial charge in [0, 0.05) is 33.0 Å². The molecule has 1 aromatic rings. The smallest absolute Gasteiger partial charge is 0.261 e. The van der Waals surface area contributed by atoms with Crippen LogP contribution in [0, 0.1) is 0 Å². The second-order valence-corrected chi connectivity index (χ2v) is 10.2. The van der Waals surface area contributed by atoms with Gasteiger partial charge < -0.3 is 5.32 Å². The molecule has 21 heavy (non-hydrogen) atoms. The van der Waals surface area contributed by atoms with Crippen LogP contribution in [0.25, 0.3) is 0 Å². The number of carbonyl (C=O) groups is 1. The second-order valence-electron chi connectivity index (χ2n) is 4.58. The van der Waals surface area contributed by atoms with Gasteiger partial charge in [-0.25, -0.2) is 16.8 Å². The van der Waals surface area contributed by atoms with Gasteiger partial charge in [-0.1, -0.05) is 15.9 Å². The lowest BCUT2D eigenvalue weighted by atomic mass is 10.2. The summed E-state index contributed by atoms with van der Waals surface area (Å²) < 4.78 is 45.3. The lowest BCUT2D eigenvalue weighted by Crippen LogP contribution is -2.37. The van der Waals surface area contributed by atoms with Crippen molar-refractivity contribution < 1.29 is 21.6 Å². The summed E-state index contributed by atoms with van der Waals surface area (Å²) in [7, 11) is -1.96. The maximum atomic E-state index is 12.0. The van der Waals surface area contributed by atoms with Gasteiger partial charge in [0.05, 0.1) is 10.6 Å². The molecule has 0 aliphatic carbocycles. The zero-order valence-electron chi connectivity index (χ0n) is 11.1. The van der Waals surface area contributed by atoms with E-state index >= 15 is 0 Å². The van der Waals surface area contributed by atoms with Crippen LogP contribution in [0.2, 0.25) is 0 Å². The predicted molar refractivity (Wildman–Crippen MR) is 83.8 cm³/mol. The van der Waals surface area contributed by atoms with Crippen molar-refractivity contribution in [2.24, 2.45) is 0 Å². The van der Waals surface area contributed by atoms with Crippen molar-refractivity contribution >= 4 is 51.4 Å². The minimum atomic E-state index is -3.97. The first kappa shape index (κ1) is 18.4. The van der Waals surface area contributed by atoms with E-state index in [0.717, 1.165) is 12.3 Å². The first-order valence-corrected chi connectivity index (χ1v) is 10.8. The average molecular weight is 419 g/mol. The van der Waals surface area contributed by atoms with Gasteiger partial charge in [0.2, 0.25) is 0 Å². The molecule has 0 heterocycles. The van der Waals surface area contributed by atoms with E-state index in [1.807, 2.05) is 0 Å². The Balaban J connectivity index is 3.01. The molecule has 0 spiro atoms. The predicted octanol–water partition coefficient (Wildman–Crippen LogP) is 1.54. The molecule has 0 fully saturated rings. The molecule has 1 N–H and O–H groups in total. The van der Waals surface area contributed by atoms with Crippen molar-refractivity contribution in [3.8, 4) is 0 Å². The number of hydrogen-bond acceptors (Lipinski definition) is 5. The van der Waals surface area contributed by atoms with E-state index in [1.165, 1.54) is 19.1 Å². The Labute approximate surface area is 136 Å². The highest BCUT2D eigenvalue weighted by Gasteiger charge is 2.18. The number of rotatable bonds is 5.